The molecule has 1 atom stereocenters. The minimum Gasteiger partial charge on any atom is -0.327 e. The summed E-state index contributed by atoms with van der Waals surface area (Å²) < 4.78 is 26.5. The van der Waals surface area contributed by atoms with Gasteiger partial charge in [0.2, 0.25) is 0 Å². The van der Waals surface area contributed by atoms with Gasteiger partial charge in [0, 0.05) is 19.6 Å². The first-order valence-electron chi connectivity index (χ1n) is 6.32. The SMILES string of the molecule is Cc1nc(C)c(S(=O)(=O)N(C)CCC(N)C(C)C)s1. The van der Waals surface area contributed by atoms with E-state index in [1.807, 2.05) is 20.8 Å². The van der Waals surface area contributed by atoms with Crippen molar-refractivity contribution in [2.75, 3.05) is 13.6 Å². The quantitative estimate of drug-likeness (QED) is 0.868. The van der Waals surface area contributed by atoms with Gasteiger partial charge in [-0.05, 0) is 26.2 Å². The molecule has 0 saturated heterocycles. The van der Waals surface area contributed by atoms with Crippen LogP contribution in [0.5, 0.6) is 0 Å². The molecule has 1 unspecified atom stereocenters. The van der Waals surface area contributed by atoms with Gasteiger partial charge in [0.1, 0.15) is 0 Å². The minimum atomic E-state index is -3.44. The summed E-state index contributed by atoms with van der Waals surface area (Å²) in [5.74, 6) is 0.350. The smallest absolute Gasteiger partial charge is 0.254 e. The van der Waals surface area contributed by atoms with Gasteiger partial charge in [-0.2, -0.15) is 0 Å². The van der Waals surface area contributed by atoms with E-state index in [1.54, 1.807) is 14.0 Å². The van der Waals surface area contributed by atoms with E-state index in [4.69, 9.17) is 5.73 Å². The van der Waals surface area contributed by atoms with Crippen LogP contribution in [0.4, 0.5) is 0 Å². The number of thiazole rings is 1. The monoisotopic (exact) mass is 305 g/mol. The zero-order valence-electron chi connectivity index (χ0n) is 12.2. The number of nitrogens with two attached hydrogens (primary N) is 1. The average Bonchev–Trinajstić information content (AvgIpc) is 2.65. The predicted molar refractivity (Wildman–Crippen MR) is 78.8 cm³/mol. The molecule has 0 aliphatic carbocycles. The van der Waals surface area contributed by atoms with Crippen molar-refractivity contribution < 1.29 is 8.42 Å². The lowest BCUT2D eigenvalue weighted by molar-refractivity contribution is 0.398. The molecule has 0 saturated carbocycles. The summed E-state index contributed by atoms with van der Waals surface area (Å²) in [5.41, 5.74) is 6.52. The number of rotatable bonds is 6. The maximum atomic E-state index is 12.4. The molecule has 0 fully saturated rings. The van der Waals surface area contributed by atoms with Crippen LogP contribution in [0.2, 0.25) is 0 Å². The Bertz CT molecular complexity index is 523. The highest BCUT2D eigenvalue weighted by atomic mass is 32.2. The highest BCUT2D eigenvalue weighted by molar-refractivity contribution is 7.91. The van der Waals surface area contributed by atoms with E-state index in [-0.39, 0.29) is 6.04 Å². The maximum absolute atomic E-state index is 12.4. The van der Waals surface area contributed by atoms with Crippen LogP contribution < -0.4 is 5.73 Å². The second-order valence-corrected chi connectivity index (χ2v) is 8.57. The largest absolute Gasteiger partial charge is 0.327 e. The third-order valence-corrected chi connectivity index (χ3v) is 6.66. The zero-order valence-corrected chi connectivity index (χ0v) is 13.8. The molecule has 0 spiro atoms. The highest BCUT2D eigenvalue weighted by Crippen LogP contribution is 2.25. The number of sulfonamides is 1. The molecule has 0 radical (unpaired) electrons. The molecule has 0 aliphatic rings. The summed E-state index contributed by atoms with van der Waals surface area (Å²) in [6.45, 7) is 8.04. The maximum Gasteiger partial charge on any atom is 0.254 e. The first-order valence-corrected chi connectivity index (χ1v) is 8.58. The Morgan fingerprint density at radius 1 is 1.37 bits per heavy atom. The van der Waals surface area contributed by atoms with Crippen molar-refractivity contribution in [2.45, 2.75) is 44.4 Å². The Morgan fingerprint density at radius 2 is 1.95 bits per heavy atom. The summed E-state index contributed by atoms with van der Waals surface area (Å²) in [4.78, 5) is 4.17. The number of hydrogen-bond acceptors (Lipinski definition) is 5. The van der Waals surface area contributed by atoms with Crippen LogP contribution in [-0.2, 0) is 10.0 Å². The van der Waals surface area contributed by atoms with Gasteiger partial charge < -0.3 is 5.73 Å². The normalized spacial score (nSPS) is 14.3. The number of hydrogen-bond donors (Lipinski definition) is 1. The van der Waals surface area contributed by atoms with Gasteiger partial charge in [0.25, 0.3) is 10.0 Å². The summed E-state index contributed by atoms with van der Waals surface area (Å²) in [6, 6.07) is 0.0157. The van der Waals surface area contributed by atoms with E-state index in [9.17, 15) is 8.42 Å². The number of nitrogens with zero attached hydrogens (tertiary/aromatic N) is 2. The molecule has 110 valence electrons. The molecule has 5 nitrogen and oxygen atoms in total. The Labute approximate surface area is 119 Å². The molecule has 1 aromatic rings. The van der Waals surface area contributed by atoms with Gasteiger partial charge in [0.15, 0.2) is 4.21 Å². The van der Waals surface area contributed by atoms with E-state index >= 15 is 0 Å². The highest BCUT2D eigenvalue weighted by Gasteiger charge is 2.26. The van der Waals surface area contributed by atoms with Crippen molar-refractivity contribution in [1.82, 2.24) is 9.29 Å². The van der Waals surface area contributed by atoms with Crippen LogP contribution >= 0.6 is 11.3 Å². The van der Waals surface area contributed by atoms with Crippen LogP contribution in [0.3, 0.4) is 0 Å². The molecule has 7 heteroatoms. The zero-order chi connectivity index (χ0) is 14.8. The Kier molecular flexibility index (Phi) is 5.49. The average molecular weight is 305 g/mol. The van der Waals surface area contributed by atoms with Gasteiger partial charge >= 0.3 is 0 Å². The van der Waals surface area contributed by atoms with Crippen molar-refractivity contribution in [1.29, 1.82) is 0 Å². The lowest BCUT2D eigenvalue weighted by Crippen LogP contribution is -2.34. The van der Waals surface area contributed by atoms with Crippen LogP contribution in [0.15, 0.2) is 4.21 Å². The molecule has 19 heavy (non-hydrogen) atoms. The van der Waals surface area contributed by atoms with Crippen molar-refractivity contribution in [3.63, 3.8) is 0 Å². The fourth-order valence-electron chi connectivity index (χ4n) is 1.68. The van der Waals surface area contributed by atoms with Crippen molar-refractivity contribution >= 4 is 21.4 Å². The first-order chi connectivity index (χ1) is 8.66. The van der Waals surface area contributed by atoms with Crippen LogP contribution in [0, 0.1) is 19.8 Å². The van der Waals surface area contributed by atoms with Crippen LogP contribution in [-0.4, -0.2) is 37.3 Å². The van der Waals surface area contributed by atoms with E-state index in [0.29, 0.717) is 28.8 Å². The Balaban J connectivity index is 2.81. The van der Waals surface area contributed by atoms with Crippen molar-refractivity contribution in [3.8, 4) is 0 Å². The second kappa shape index (κ2) is 6.30. The second-order valence-electron chi connectivity index (χ2n) is 5.13. The fraction of sp³-hybridized carbons (Fsp3) is 0.750. The topological polar surface area (TPSA) is 76.3 Å². The minimum absolute atomic E-state index is 0.0157. The predicted octanol–water partition coefficient (Wildman–Crippen LogP) is 1.75. The van der Waals surface area contributed by atoms with Crippen molar-refractivity contribution in [3.05, 3.63) is 10.7 Å². The summed E-state index contributed by atoms with van der Waals surface area (Å²) >= 11 is 1.22. The standard InChI is InChI=1S/C12H23N3O2S2/c1-8(2)11(13)6-7-15(5)19(16,17)12-9(3)14-10(4)18-12/h8,11H,6-7,13H2,1-5H3. The molecule has 2 N–H and O–H groups in total. The van der Waals surface area contributed by atoms with Gasteiger partial charge in [-0.15, -0.1) is 11.3 Å². The van der Waals surface area contributed by atoms with E-state index in [0.717, 1.165) is 5.01 Å². The lowest BCUT2D eigenvalue weighted by Gasteiger charge is -2.20. The van der Waals surface area contributed by atoms with Gasteiger partial charge in [-0.1, -0.05) is 13.8 Å². The van der Waals surface area contributed by atoms with E-state index in [1.165, 1.54) is 15.6 Å². The molecule has 0 amide bonds. The summed E-state index contributed by atoms with van der Waals surface area (Å²) in [6.07, 6.45) is 0.657. The number of aromatic nitrogens is 1. The van der Waals surface area contributed by atoms with Crippen molar-refractivity contribution in [2.24, 2.45) is 11.7 Å². The lowest BCUT2D eigenvalue weighted by atomic mass is 10.0. The molecule has 1 rings (SSSR count). The van der Waals surface area contributed by atoms with Gasteiger partial charge in [-0.25, -0.2) is 17.7 Å². The molecular formula is C12H23N3O2S2. The summed E-state index contributed by atoms with van der Waals surface area (Å²) in [7, 11) is -1.84. The molecule has 1 heterocycles. The molecule has 0 bridgehead atoms. The van der Waals surface area contributed by atoms with E-state index in [2.05, 4.69) is 4.98 Å². The van der Waals surface area contributed by atoms with Crippen LogP contribution in [0.1, 0.15) is 31.0 Å². The Morgan fingerprint density at radius 3 is 2.37 bits per heavy atom. The van der Waals surface area contributed by atoms with E-state index < -0.39 is 10.0 Å². The third kappa shape index (κ3) is 3.98. The van der Waals surface area contributed by atoms with Crippen LogP contribution in [0.25, 0.3) is 0 Å². The molecule has 1 aromatic heterocycles. The van der Waals surface area contributed by atoms with Gasteiger partial charge in [0.05, 0.1) is 10.7 Å². The fourth-order valence-corrected chi connectivity index (χ4v) is 4.53. The molecule has 0 aliphatic heterocycles. The first kappa shape index (κ1) is 16.6. The molecular weight excluding hydrogens is 282 g/mol. The van der Waals surface area contributed by atoms with Gasteiger partial charge in [-0.3, -0.25) is 0 Å². The Hall–Kier alpha value is -0.500. The third-order valence-electron chi connectivity index (χ3n) is 3.14. The number of aryl methyl sites for hydroxylation is 2. The summed E-state index contributed by atoms with van der Waals surface area (Å²) in [5, 5.41) is 0.767. The molecule has 0 aromatic carbocycles.